The van der Waals surface area contributed by atoms with Gasteiger partial charge >= 0.3 is 0 Å². The molecule has 0 radical (unpaired) electrons. The van der Waals surface area contributed by atoms with E-state index in [0.717, 1.165) is 38.9 Å². The average Bonchev–Trinajstić information content (AvgIpc) is 2.80. The molecule has 2 heterocycles. The topological polar surface area (TPSA) is 52.7 Å². The van der Waals surface area contributed by atoms with Crippen molar-refractivity contribution >= 4 is 11.8 Å². The summed E-state index contributed by atoms with van der Waals surface area (Å²) in [6.07, 6.45) is 3.11. The maximum Gasteiger partial charge on any atom is 0.242 e. The lowest BCUT2D eigenvalue weighted by Crippen LogP contribution is -2.46. The first kappa shape index (κ1) is 12.4. The zero-order chi connectivity index (χ0) is 12.3. The molecule has 0 aromatic rings. The first-order valence-corrected chi connectivity index (χ1v) is 6.48. The van der Waals surface area contributed by atoms with E-state index in [0.29, 0.717) is 6.54 Å². The van der Waals surface area contributed by atoms with Crippen LogP contribution in [-0.2, 0) is 9.59 Å². The van der Waals surface area contributed by atoms with Gasteiger partial charge in [-0.3, -0.25) is 9.59 Å². The first-order valence-electron chi connectivity index (χ1n) is 6.48. The monoisotopic (exact) mass is 239 g/mol. The van der Waals surface area contributed by atoms with E-state index < -0.39 is 0 Å². The molecule has 0 aromatic heterocycles. The fourth-order valence-electron chi connectivity index (χ4n) is 2.45. The number of likely N-dealkylation sites (tertiary alicyclic amines) is 1. The van der Waals surface area contributed by atoms with E-state index in [-0.39, 0.29) is 24.4 Å². The maximum absolute atomic E-state index is 12.0. The van der Waals surface area contributed by atoms with Crippen molar-refractivity contribution < 1.29 is 9.59 Å². The van der Waals surface area contributed by atoms with Crippen LogP contribution >= 0.6 is 0 Å². The third-order valence-corrected chi connectivity index (χ3v) is 3.52. The van der Waals surface area contributed by atoms with Crippen molar-refractivity contribution in [2.45, 2.75) is 32.2 Å². The Labute approximate surface area is 102 Å². The number of carbonyl (C=O) groups excluding carboxylic acids is 2. The van der Waals surface area contributed by atoms with Gasteiger partial charge in [-0.2, -0.15) is 0 Å². The Kier molecular flexibility index (Phi) is 3.99. The summed E-state index contributed by atoms with van der Waals surface area (Å²) in [5.74, 6) is 0.153. The molecule has 2 amide bonds. The third-order valence-electron chi connectivity index (χ3n) is 3.52. The predicted octanol–water partition coefficient (Wildman–Crippen LogP) is -0.181. The number of amides is 2. The van der Waals surface area contributed by atoms with E-state index >= 15 is 0 Å². The zero-order valence-corrected chi connectivity index (χ0v) is 10.4. The first-order chi connectivity index (χ1) is 8.18. The minimum atomic E-state index is -0.163. The van der Waals surface area contributed by atoms with E-state index in [1.165, 1.54) is 0 Å². The molecule has 0 aromatic carbocycles. The Bertz CT molecular complexity index is 300. The van der Waals surface area contributed by atoms with Gasteiger partial charge in [0, 0.05) is 19.6 Å². The van der Waals surface area contributed by atoms with Gasteiger partial charge in [0.1, 0.15) is 0 Å². The van der Waals surface area contributed by atoms with Crippen LogP contribution in [-0.4, -0.2) is 60.4 Å². The van der Waals surface area contributed by atoms with Crippen LogP contribution in [0.4, 0.5) is 0 Å². The Morgan fingerprint density at radius 3 is 2.71 bits per heavy atom. The van der Waals surface area contributed by atoms with Gasteiger partial charge in [0.15, 0.2) is 0 Å². The molecule has 2 saturated heterocycles. The summed E-state index contributed by atoms with van der Waals surface area (Å²) in [4.78, 5) is 27.5. The van der Waals surface area contributed by atoms with Crippen LogP contribution in [0, 0.1) is 0 Å². The molecule has 96 valence electrons. The number of hydrogen-bond acceptors (Lipinski definition) is 3. The molecule has 2 aliphatic rings. The molecule has 17 heavy (non-hydrogen) atoms. The lowest BCUT2D eigenvalue weighted by molar-refractivity contribution is -0.140. The van der Waals surface area contributed by atoms with Gasteiger partial charge in [0.05, 0.1) is 12.6 Å². The van der Waals surface area contributed by atoms with Gasteiger partial charge in [-0.25, -0.2) is 0 Å². The van der Waals surface area contributed by atoms with Crippen LogP contribution in [0.2, 0.25) is 0 Å². The van der Waals surface area contributed by atoms with Gasteiger partial charge in [-0.15, -0.1) is 0 Å². The largest absolute Gasteiger partial charge is 0.341 e. The third kappa shape index (κ3) is 2.97. The summed E-state index contributed by atoms with van der Waals surface area (Å²) in [6, 6.07) is -0.163. The van der Waals surface area contributed by atoms with Crippen molar-refractivity contribution in [1.82, 2.24) is 15.1 Å². The van der Waals surface area contributed by atoms with Crippen LogP contribution in [0.3, 0.4) is 0 Å². The fraction of sp³-hybridized carbons (Fsp3) is 0.833. The van der Waals surface area contributed by atoms with E-state index in [2.05, 4.69) is 5.32 Å². The zero-order valence-electron chi connectivity index (χ0n) is 10.4. The van der Waals surface area contributed by atoms with Crippen LogP contribution in [0.15, 0.2) is 0 Å². The standard InChI is InChI=1S/C12H21N3O2/c1-10-12(17)15(8-4-5-13-10)9-11(16)14-6-2-3-7-14/h10,13H,2-9H2,1H3. The molecular weight excluding hydrogens is 218 g/mol. The quantitative estimate of drug-likeness (QED) is 0.727. The SMILES string of the molecule is CC1NCCCN(CC(=O)N2CCCC2)C1=O. The maximum atomic E-state index is 12.0. The number of nitrogens with zero attached hydrogens (tertiary/aromatic N) is 2. The number of carbonyl (C=O) groups is 2. The Morgan fingerprint density at radius 1 is 1.29 bits per heavy atom. The summed E-state index contributed by atoms with van der Waals surface area (Å²) in [5.41, 5.74) is 0. The highest BCUT2D eigenvalue weighted by Gasteiger charge is 2.27. The smallest absolute Gasteiger partial charge is 0.242 e. The molecule has 5 heteroatoms. The van der Waals surface area contributed by atoms with Gasteiger partial charge in [0.25, 0.3) is 0 Å². The van der Waals surface area contributed by atoms with Crippen LogP contribution in [0.25, 0.3) is 0 Å². The molecule has 1 atom stereocenters. The molecule has 2 aliphatic heterocycles. The summed E-state index contributed by atoms with van der Waals surface area (Å²) in [7, 11) is 0. The Balaban J connectivity index is 1.91. The van der Waals surface area contributed by atoms with Crippen molar-refractivity contribution in [2.75, 3.05) is 32.7 Å². The van der Waals surface area contributed by atoms with Crippen molar-refractivity contribution in [2.24, 2.45) is 0 Å². The van der Waals surface area contributed by atoms with E-state index in [4.69, 9.17) is 0 Å². The summed E-state index contributed by atoms with van der Waals surface area (Å²) >= 11 is 0. The lowest BCUT2D eigenvalue weighted by atomic mass is 10.3. The van der Waals surface area contributed by atoms with Crippen molar-refractivity contribution in [3.63, 3.8) is 0 Å². The molecule has 0 saturated carbocycles. The fourth-order valence-corrected chi connectivity index (χ4v) is 2.45. The number of nitrogens with one attached hydrogen (secondary N) is 1. The van der Waals surface area contributed by atoms with E-state index in [1.807, 2.05) is 11.8 Å². The minimum Gasteiger partial charge on any atom is -0.341 e. The number of rotatable bonds is 2. The van der Waals surface area contributed by atoms with Gasteiger partial charge in [0.2, 0.25) is 11.8 Å². The molecule has 2 rings (SSSR count). The molecular formula is C12H21N3O2. The van der Waals surface area contributed by atoms with E-state index in [1.54, 1.807) is 4.90 Å². The normalized spacial score (nSPS) is 26.2. The van der Waals surface area contributed by atoms with Gasteiger partial charge < -0.3 is 15.1 Å². The van der Waals surface area contributed by atoms with Crippen molar-refractivity contribution in [3.8, 4) is 0 Å². The molecule has 0 aliphatic carbocycles. The van der Waals surface area contributed by atoms with Crippen LogP contribution in [0.1, 0.15) is 26.2 Å². The second-order valence-corrected chi connectivity index (χ2v) is 4.88. The highest BCUT2D eigenvalue weighted by Crippen LogP contribution is 2.09. The van der Waals surface area contributed by atoms with Crippen LogP contribution < -0.4 is 5.32 Å². The number of hydrogen-bond donors (Lipinski definition) is 1. The summed E-state index contributed by atoms with van der Waals surface area (Å²) in [6.45, 7) is 5.37. The highest BCUT2D eigenvalue weighted by molar-refractivity contribution is 5.87. The average molecular weight is 239 g/mol. The summed E-state index contributed by atoms with van der Waals surface area (Å²) in [5, 5.41) is 3.15. The lowest BCUT2D eigenvalue weighted by Gasteiger charge is -2.24. The summed E-state index contributed by atoms with van der Waals surface area (Å²) < 4.78 is 0. The second kappa shape index (κ2) is 5.49. The molecule has 2 fully saturated rings. The van der Waals surface area contributed by atoms with Crippen molar-refractivity contribution in [1.29, 1.82) is 0 Å². The predicted molar refractivity (Wildman–Crippen MR) is 64.5 cm³/mol. The molecule has 1 N–H and O–H groups in total. The molecule has 5 nitrogen and oxygen atoms in total. The molecule has 1 unspecified atom stereocenters. The molecule has 0 spiro atoms. The Morgan fingerprint density at radius 2 is 2.00 bits per heavy atom. The van der Waals surface area contributed by atoms with E-state index in [9.17, 15) is 9.59 Å². The second-order valence-electron chi connectivity index (χ2n) is 4.88. The Hall–Kier alpha value is -1.10. The molecule has 0 bridgehead atoms. The van der Waals surface area contributed by atoms with Gasteiger partial charge in [-0.1, -0.05) is 0 Å². The van der Waals surface area contributed by atoms with Crippen molar-refractivity contribution in [3.05, 3.63) is 0 Å². The van der Waals surface area contributed by atoms with Gasteiger partial charge in [-0.05, 0) is 32.7 Å². The van der Waals surface area contributed by atoms with Crippen LogP contribution in [0.5, 0.6) is 0 Å². The highest BCUT2D eigenvalue weighted by atomic mass is 16.2. The minimum absolute atomic E-state index is 0.0510.